The highest BCUT2D eigenvalue weighted by Gasteiger charge is 2.43. The molecule has 96 valence electrons. The second-order valence-corrected chi connectivity index (χ2v) is 10.3. The van der Waals surface area contributed by atoms with Crippen molar-refractivity contribution in [2.45, 2.75) is 20.1 Å². The molecule has 0 saturated carbocycles. The van der Waals surface area contributed by atoms with Gasteiger partial charge in [-0.2, -0.15) is 0 Å². The van der Waals surface area contributed by atoms with Gasteiger partial charge in [-0.05, 0) is 13.8 Å². The molecule has 0 aromatic heterocycles. The van der Waals surface area contributed by atoms with Gasteiger partial charge in [0.25, 0.3) is 0 Å². The predicted molar refractivity (Wildman–Crippen MR) is 65.3 cm³/mol. The molecule has 1 saturated heterocycles. The Labute approximate surface area is 97.7 Å². The van der Waals surface area contributed by atoms with Crippen LogP contribution in [0.4, 0.5) is 0 Å². The van der Waals surface area contributed by atoms with Gasteiger partial charge in [-0.15, -0.1) is 0 Å². The minimum Gasteiger partial charge on any atom is -0.318 e. The third-order valence-corrected chi connectivity index (χ3v) is 7.61. The zero-order valence-electron chi connectivity index (χ0n) is 10.3. The molecule has 1 heterocycles. The molecule has 0 radical (unpaired) electrons. The molecule has 1 fully saturated rings. The third-order valence-electron chi connectivity index (χ3n) is 2.73. The van der Waals surface area contributed by atoms with Gasteiger partial charge in [-0.3, -0.25) is 9.09 Å². The van der Waals surface area contributed by atoms with Crippen molar-refractivity contribution in [2.75, 3.05) is 39.0 Å². The van der Waals surface area contributed by atoms with Crippen LogP contribution in [0.25, 0.3) is 0 Å². The first-order chi connectivity index (χ1) is 7.43. The molecule has 0 spiro atoms. The summed E-state index contributed by atoms with van der Waals surface area (Å²) >= 11 is 0. The van der Waals surface area contributed by atoms with Gasteiger partial charge in [0.2, 0.25) is 0 Å². The predicted octanol–water partition coefficient (Wildman–Crippen LogP) is 2.78. The Morgan fingerprint density at radius 1 is 1.44 bits per heavy atom. The summed E-state index contributed by atoms with van der Waals surface area (Å²) < 4.78 is 32.8. The maximum atomic E-state index is 11.6. The van der Waals surface area contributed by atoms with E-state index in [0.29, 0.717) is 19.0 Å². The van der Waals surface area contributed by atoms with Gasteiger partial charge >= 0.3 is 7.60 Å². The van der Waals surface area contributed by atoms with Gasteiger partial charge in [0.05, 0.1) is 13.4 Å². The molecule has 0 bridgehead atoms. The van der Waals surface area contributed by atoms with Crippen LogP contribution in [0.3, 0.4) is 0 Å². The van der Waals surface area contributed by atoms with Gasteiger partial charge in [-0.1, -0.05) is 0 Å². The Morgan fingerprint density at radius 2 is 2.00 bits per heavy atom. The van der Waals surface area contributed by atoms with Crippen molar-refractivity contribution >= 4 is 14.9 Å². The molecular weight excluding hydrogens is 250 g/mol. The molecule has 0 aromatic rings. The molecular formula is C9H21O5P2+. The maximum absolute atomic E-state index is 11.6. The third kappa shape index (κ3) is 4.06. The van der Waals surface area contributed by atoms with Gasteiger partial charge < -0.3 is 14.0 Å². The highest BCUT2D eigenvalue weighted by atomic mass is 31.2. The first kappa shape index (κ1) is 14.6. The molecule has 1 unspecified atom stereocenters. The van der Waals surface area contributed by atoms with Gasteiger partial charge in [0, 0.05) is 13.8 Å². The van der Waals surface area contributed by atoms with E-state index < -0.39 is 14.9 Å². The lowest BCUT2D eigenvalue weighted by atomic mass is 10.8. The quantitative estimate of drug-likeness (QED) is 0.720. The van der Waals surface area contributed by atoms with Crippen LogP contribution in [0.15, 0.2) is 0 Å². The number of rotatable bonds is 5. The van der Waals surface area contributed by atoms with Crippen LogP contribution < -0.4 is 0 Å². The van der Waals surface area contributed by atoms with Crippen molar-refractivity contribution in [3.63, 3.8) is 0 Å². The molecule has 7 heteroatoms. The molecule has 1 aliphatic heterocycles. The summed E-state index contributed by atoms with van der Waals surface area (Å²) in [6, 6.07) is 0. The Morgan fingerprint density at radius 3 is 2.44 bits per heavy atom. The number of hydrogen-bond acceptors (Lipinski definition) is 5. The maximum Gasteiger partial charge on any atom is 0.330 e. The van der Waals surface area contributed by atoms with Crippen LogP contribution in [0, 0.1) is 0 Å². The number of ether oxygens (including phenoxy) is 2. The topological polar surface area (TPSA) is 54.0 Å². The van der Waals surface area contributed by atoms with Crippen LogP contribution in [0.2, 0.25) is 0 Å². The molecule has 0 aliphatic carbocycles. The van der Waals surface area contributed by atoms with Gasteiger partial charge in [-0.25, -0.2) is 0 Å². The lowest BCUT2D eigenvalue weighted by Gasteiger charge is -2.32. The summed E-state index contributed by atoms with van der Waals surface area (Å²) in [6.07, 6.45) is 2.61. The largest absolute Gasteiger partial charge is 0.330 e. The van der Waals surface area contributed by atoms with E-state index in [1.54, 1.807) is 0 Å². The fourth-order valence-corrected chi connectivity index (χ4v) is 4.99. The van der Waals surface area contributed by atoms with Crippen LogP contribution in [0.5, 0.6) is 0 Å². The lowest BCUT2D eigenvalue weighted by Crippen LogP contribution is -2.28. The van der Waals surface area contributed by atoms with E-state index in [1.807, 2.05) is 6.92 Å². The van der Waals surface area contributed by atoms with Crippen LogP contribution in [0.1, 0.15) is 13.8 Å². The summed E-state index contributed by atoms with van der Waals surface area (Å²) in [5.74, 6) is 0. The molecule has 5 nitrogen and oxygen atoms in total. The van der Waals surface area contributed by atoms with E-state index >= 15 is 0 Å². The van der Waals surface area contributed by atoms with E-state index in [-0.39, 0.29) is 6.29 Å². The van der Waals surface area contributed by atoms with Gasteiger partial charge in [0.15, 0.2) is 25.3 Å². The first-order valence-electron chi connectivity index (χ1n) is 5.29. The molecule has 0 amide bonds. The first-order valence-corrected chi connectivity index (χ1v) is 9.81. The average molecular weight is 271 g/mol. The monoisotopic (exact) mass is 271 g/mol. The zero-order chi connectivity index (χ0) is 12.2. The second kappa shape index (κ2) is 5.90. The van der Waals surface area contributed by atoms with Crippen molar-refractivity contribution in [1.82, 2.24) is 0 Å². The second-order valence-electron chi connectivity index (χ2n) is 4.03. The van der Waals surface area contributed by atoms with Crippen LogP contribution in [-0.2, 0) is 23.1 Å². The van der Waals surface area contributed by atoms with E-state index in [9.17, 15) is 4.57 Å². The summed E-state index contributed by atoms with van der Waals surface area (Å²) in [5, 5.41) is 0. The fourth-order valence-electron chi connectivity index (χ4n) is 1.24. The summed E-state index contributed by atoms with van der Waals surface area (Å²) in [4.78, 5) is 0. The van der Waals surface area contributed by atoms with Crippen molar-refractivity contribution in [2.24, 2.45) is 0 Å². The van der Waals surface area contributed by atoms with E-state index in [1.165, 1.54) is 13.8 Å². The number of hydrogen-bond donors (Lipinski definition) is 0. The van der Waals surface area contributed by atoms with Crippen LogP contribution in [-0.4, -0.2) is 45.3 Å². The van der Waals surface area contributed by atoms with Crippen molar-refractivity contribution < 1.29 is 23.1 Å². The van der Waals surface area contributed by atoms with Crippen molar-refractivity contribution in [3.8, 4) is 0 Å². The van der Waals surface area contributed by atoms with Crippen molar-refractivity contribution in [3.05, 3.63) is 0 Å². The molecule has 0 N–H and O–H groups in total. The highest BCUT2D eigenvalue weighted by molar-refractivity contribution is 7.75. The van der Waals surface area contributed by atoms with E-state index in [2.05, 4.69) is 6.92 Å². The minimum absolute atomic E-state index is 0.143. The Hall–Kier alpha value is 0.500. The Bertz CT molecular complexity index is 263. The molecule has 1 atom stereocenters. The van der Waals surface area contributed by atoms with Gasteiger partial charge in [0.1, 0.15) is 0 Å². The molecule has 1 aliphatic rings. The van der Waals surface area contributed by atoms with Crippen molar-refractivity contribution in [1.29, 1.82) is 0 Å². The standard InChI is InChI=1S/C9H21O5P2/c1-5-16(6-12-9(2)13-7-16)8-14-15(4,10)11-3/h9H,5-8H2,1-4H3/q+1. The molecule has 1 rings (SSSR count). The van der Waals surface area contributed by atoms with E-state index in [0.717, 1.165) is 6.16 Å². The fraction of sp³-hybridized carbons (Fsp3) is 1.00. The smallest absolute Gasteiger partial charge is 0.318 e. The Kier molecular flexibility index (Phi) is 5.37. The Balaban J connectivity index is 2.51. The molecule has 16 heavy (non-hydrogen) atoms. The normalized spacial score (nSPS) is 34.6. The summed E-state index contributed by atoms with van der Waals surface area (Å²) in [6.45, 7) is 5.45. The zero-order valence-corrected chi connectivity index (χ0v) is 12.1. The average Bonchev–Trinajstić information content (AvgIpc) is 2.29. The summed E-state index contributed by atoms with van der Waals surface area (Å²) in [7, 11) is -2.93. The minimum atomic E-state index is -2.89. The molecule has 0 aromatic carbocycles. The lowest BCUT2D eigenvalue weighted by molar-refractivity contribution is -0.117. The summed E-state index contributed by atoms with van der Waals surface area (Å²) in [5.41, 5.74) is 0. The van der Waals surface area contributed by atoms with E-state index in [4.69, 9.17) is 18.5 Å². The highest BCUT2D eigenvalue weighted by Crippen LogP contribution is 2.63. The van der Waals surface area contributed by atoms with Crippen LogP contribution >= 0.6 is 14.9 Å². The SMILES string of the molecule is CC[P+]1(COP(C)(=O)OC)COC(C)OC1.